The second-order valence-corrected chi connectivity index (χ2v) is 6.27. The monoisotopic (exact) mass is 331 g/mol. The number of nitrogens with one attached hydrogen (secondary N) is 1. The van der Waals surface area contributed by atoms with Gasteiger partial charge < -0.3 is 10.1 Å². The van der Waals surface area contributed by atoms with Gasteiger partial charge in [0, 0.05) is 16.1 Å². The van der Waals surface area contributed by atoms with E-state index in [0.717, 1.165) is 4.47 Å². The van der Waals surface area contributed by atoms with Crippen molar-refractivity contribution < 1.29 is 13.9 Å². The van der Waals surface area contributed by atoms with E-state index in [1.54, 1.807) is 19.1 Å². The normalized spacial score (nSPS) is 13.2. The second kappa shape index (κ2) is 6.48. The Morgan fingerprint density at radius 3 is 2.68 bits per heavy atom. The van der Waals surface area contributed by atoms with Crippen molar-refractivity contribution in [3.05, 3.63) is 34.1 Å². The molecule has 0 spiro atoms. The summed E-state index contributed by atoms with van der Waals surface area (Å²) in [4.78, 5) is 11.6. The molecule has 0 bridgehead atoms. The van der Waals surface area contributed by atoms with Crippen molar-refractivity contribution in [2.75, 3.05) is 6.54 Å². The third-order valence-electron chi connectivity index (χ3n) is 2.40. The van der Waals surface area contributed by atoms with Gasteiger partial charge in [0.25, 0.3) is 0 Å². The van der Waals surface area contributed by atoms with Gasteiger partial charge in [0.2, 0.25) is 0 Å². The van der Waals surface area contributed by atoms with E-state index in [4.69, 9.17) is 4.74 Å². The first-order chi connectivity index (χ1) is 8.69. The van der Waals surface area contributed by atoms with Gasteiger partial charge in [-0.2, -0.15) is 0 Å². The zero-order valence-corrected chi connectivity index (χ0v) is 13.2. The maximum atomic E-state index is 13.6. The quantitative estimate of drug-likeness (QED) is 0.857. The van der Waals surface area contributed by atoms with E-state index in [1.165, 1.54) is 6.07 Å². The van der Waals surface area contributed by atoms with Crippen molar-refractivity contribution >= 4 is 21.9 Å². The molecule has 0 saturated heterocycles. The summed E-state index contributed by atoms with van der Waals surface area (Å²) in [6.07, 6.45) is 0. The molecule has 19 heavy (non-hydrogen) atoms. The molecule has 0 heterocycles. The molecule has 0 aliphatic rings. The first-order valence-electron chi connectivity index (χ1n) is 6.09. The van der Waals surface area contributed by atoms with Crippen LogP contribution in [-0.2, 0) is 9.53 Å². The van der Waals surface area contributed by atoms with Gasteiger partial charge in [-0.1, -0.05) is 15.9 Å². The molecule has 0 saturated carbocycles. The molecule has 1 rings (SSSR count). The second-order valence-electron chi connectivity index (χ2n) is 5.35. The smallest absolute Gasteiger partial charge is 0.320 e. The fraction of sp³-hybridized carbons (Fsp3) is 0.500. The lowest BCUT2D eigenvalue weighted by atomic mass is 10.1. The van der Waals surface area contributed by atoms with Crippen LogP contribution >= 0.6 is 15.9 Å². The highest BCUT2D eigenvalue weighted by Crippen LogP contribution is 2.21. The number of carbonyl (C=O) groups excluding carboxylic acids is 1. The number of rotatable bonds is 4. The van der Waals surface area contributed by atoms with Crippen LogP contribution < -0.4 is 5.32 Å². The van der Waals surface area contributed by atoms with Crippen molar-refractivity contribution in [3.63, 3.8) is 0 Å². The van der Waals surface area contributed by atoms with Crippen LogP contribution in [0.5, 0.6) is 0 Å². The minimum Gasteiger partial charge on any atom is -0.459 e. The Morgan fingerprint density at radius 2 is 2.11 bits per heavy atom. The molecule has 0 radical (unpaired) electrons. The average Bonchev–Trinajstić information content (AvgIpc) is 2.27. The van der Waals surface area contributed by atoms with E-state index in [-0.39, 0.29) is 24.4 Å². The molecule has 1 aromatic carbocycles. The first kappa shape index (κ1) is 16.1. The fourth-order valence-corrected chi connectivity index (χ4v) is 1.95. The minimum atomic E-state index is -0.511. The van der Waals surface area contributed by atoms with Gasteiger partial charge in [-0.25, -0.2) is 4.39 Å². The molecule has 0 aliphatic carbocycles. The number of hydrogen-bond acceptors (Lipinski definition) is 3. The molecule has 0 amide bonds. The van der Waals surface area contributed by atoms with E-state index in [2.05, 4.69) is 21.2 Å². The zero-order valence-electron chi connectivity index (χ0n) is 11.6. The van der Waals surface area contributed by atoms with Crippen molar-refractivity contribution in [1.29, 1.82) is 0 Å². The number of benzene rings is 1. The van der Waals surface area contributed by atoms with Gasteiger partial charge in [-0.15, -0.1) is 0 Å². The molecule has 106 valence electrons. The predicted molar refractivity (Wildman–Crippen MR) is 76.4 cm³/mol. The highest BCUT2D eigenvalue weighted by atomic mass is 79.9. The summed E-state index contributed by atoms with van der Waals surface area (Å²) in [6.45, 7) is 7.27. The lowest BCUT2D eigenvalue weighted by Crippen LogP contribution is -2.32. The molecule has 1 unspecified atom stereocenters. The molecule has 3 nitrogen and oxygen atoms in total. The maximum absolute atomic E-state index is 13.6. The van der Waals surface area contributed by atoms with Gasteiger partial charge in [0.15, 0.2) is 0 Å². The van der Waals surface area contributed by atoms with Crippen LogP contribution in [0.2, 0.25) is 0 Å². The van der Waals surface area contributed by atoms with Crippen LogP contribution in [0.4, 0.5) is 4.39 Å². The van der Waals surface area contributed by atoms with Crippen LogP contribution in [0.15, 0.2) is 22.7 Å². The molecule has 1 aromatic rings. The van der Waals surface area contributed by atoms with E-state index < -0.39 is 5.60 Å². The standard InChI is InChI=1S/C14H19BrFNO2/c1-9(11-7-10(15)5-6-12(11)16)17-8-13(18)19-14(2,3)4/h5-7,9,17H,8H2,1-4H3. The molecule has 1 atom stereocenters. The van der Waals surface area contributed by atoms with Crippen LogP contribution in [0.25, 0.3) is 0 Å². The summed E-state index contributed by atoms with van der Waals surface area (Å²) in [6, 6.07) is 4.46. The topological polar surface area (TPSA) is 38.3 Å². The number of ether oxygens (including phenoxy) is 1. The van der Waals surface area contributed by atoms with Gasteiger partial charge in [-0.05, 0) is 45.9 Å². The third-order valence-corrected chi connectivity index (χ3v) is 2.89. The first-order valence-corrected chi connectivity index (χ1v) is 6.88. The fourth-order valence-electron chi connectivity index (χ4n) is 1.57. The number of carbonyl (C=O) groups is 1. The summed E-state index contributed by atoms with van der Waals surface area (Å²) in [7, 11) is 0. The van der Waals surface area contributed by atoms with E-state index in [1.807, 2.05) is 20.8 Å². The van der Waals surface area contributed by atoms with Gasteiger partial charge in [-0.3, -0.25) is 4.79 Å². The van der Waals surface area contributed by atoms with E-state index in [0.29, 0.717) is 5.56 Å². The molecular formula is C14H19BrFNO2. The predicted octanol–water partition coefficient (Wildman–Crippen LogP) is 3.58. The third kappa shape index (κ3) is 5.70. The van der Waals surface area contributed by atoms with Gasteiger partial charge in [0.05, 0.1) is 6.54 Å². The van der Waals surface area contributed by atoms with Crippen LogP contribution in [0.3, 0.4) is 0 Å². The molecule has 0 aromatic heterocycles. The summed E-state index contributed by atoms with van der Waals surface area (Å²) >= 11 is 3.30. The average molecular weight is 332 g/mol. The van der Waals surface area contributed by atoms with Crippen LogP contribution in [-0.4, -0.2) is 18.1 Å². The number of hydrogen-bond donors (Lipinski definition) is 1. The zero-order chi connectivity index (χ0) is 14.6. The van der Waals surface area contributed by atoms with Crippen LogP contribution in [0, 0.1) is 5.82 Å². The summed E-state index contributed by atoms with van der Waals surface area (Å²) in [5.74, 6) is -0.651. The van der Waals surface area contributed by atoms with Crippen molar-refractivity contribution in [3.8, 4) is 0 Å². The van der Waals surface area contributed by atoms with E-state index >= 15 is 0 Å². The van der Waals surface area contributed by atoms with E-state index in [9.17, 15) is 9.18 Å². The Balaban J connectivity index is 2.58. The Morgan fingerprint density at radius 1 is 1.47 bits per heavy atom. The minimum absolute atomic E-state index is 0.0460. The van der Waals surface area contributed by atoms with Crippen molar-refractivity contribution in [2.24, 2.45) is 0 Å². The molecule has 5 heteroatoms. The molecule has 0 aliphatic heterocycles. The maximum Gasteiger partial charge on any atom is 0.320 e. The molecule has 1 N–H and O–H groups in total. The summed E-state index contributed by atoms with van der Waals surface area (Å²) < 4.78 is 19.6. The highest BCUT2D eigenvalue weighted by molar-refractivity contribution is 9.10. The lowest BCUT2D eigenvalue weighted by Gasteiger charge is -2.21. The Labute approximate surface area is 121 Å². The Kier molecular flexibility index (Phi) is 5.50. The van der Waals surface area contributed by atoms with Crippen molar-refractivity contribution in [2.45, 2.75) is 39.3 Å². The largest absolute Gasteiger partial charge is 0.459 e. The summed E-state index contributed by atoms with van der Waals surface area (Å²) in [5.41, 5.74) is 0.00109. The number of halogens is 2. The lowest BCUT2D eigenvalue weighted by molar-refractivity contribution is -0.153. The Bertz CT molecular complexity index is 457. The SMILES string of the molecule is CC(NCC(=O)OC(C)(C)C)c1cc(Br)ccc1F. The number of esters is 1. The molecular weight excluding hydrogens is 313 g/mol. The van der Waals surface area contributed by atoms with Crippen LogP contribution in [0.1, 0.15) is 39.3 Å². The highest BCUT2D eigenvalue weighted by Gasteiger charge is 2.17. The molecule has 0 fully saturated rings. The van der Waals surface area contributed by atoms with Gasteiger partial charge in [0.1, 0.15) is 11.4 Å². The van der Waals surface area contributed by atoms with Crippen molar-refractivity contribution in [1.82, 2.24) is 5.32 Å². The Hall–Kier alpha value is -0.940. The summed E-state index contributed by atoms with van der Waals surface area (Å²) in [5, 5.41) is 2.95. The van der Waals surface area contributed by atoms with Gasteiger partial charge >= 0.3 is 5.97 Å².